The molecule has 4 aromatic carbocycles. The summed E-state index contributed by atoms with van der Waals surface area (Å²) in [7, 11) is 2.99. The maximum Gasteiger partial charge on any atom is 0.338 e. The number of hydrazone groups is 1. The summed E-state index contributed by atoms with van der Waals surface area (Å²) in [6, 6.07) is 21.5. The van der Waals surface area contributed by atoms with E-state index in [1.807, 2.05) is 18.2 Å². The Labute approximate surface area is 291 Å². The number of methoxy groups -OCH3 is 2. The second kappa shape index (κ2) is 16.0. The molecule has 0 unspecified atom stereocenters. The minimum Gasteiger partial charge on any atom is -0.493 e. The maximum absolute atomic E-state index is 12.7. The number of urea groups is 1. The monoisotopic (exact) mass is 730 g/mol. The molecule has 3 amide bonds. The highest BCUT2D eigenvalue weighted by Gasteiger charge is 2.32. The molecule has 0 saturated heterocycles. The highest BCUT2D eigenvalue weighted by molar-refractivity contribution is 9.10. The van der Waals surface area contributed by atoms with E-state index in [4.69, 9.17) is 23.7 Å². The molecule has 1 heterocycles. The summed E-state index contributed by atoms with van der Waals surface area (Å²) in [6.45, 7) is 3.49. The van der Waals surface area contributed by atoms with Crippen molar-refractivity contribution in [2.24, 2.45) is 5.10 Å². The van der Waals surface area contributed by atoms with E-state index in [2.05, 4.69) is 61.4 Å². The quantitative estimate of drug-likeness (QED) is 0.0874. The van der Waals surface area contributed by atoms with Gasteiger partial charge in [-0.1, -0.05) is 42.5 Å². The normalized spacial score (nSPS) is 14.2. The molecule has 49 heavy (non-hydrogen) atoms. The molecule has 254 valence electrons. The predicted octanol–water partition coefficient (Wildman–Crippen LogP) is 5.92. The molecular formula is C36H35BrN4O8. The van der Waals surface area contributed by atoms with Gasteiger partial charge in [0.1, 0.15) is 6.61 Å². The van der Waals surface area contributed by atoms with Crippen LogP contribution in [0.5, 0.6) is 23.0 Å². The van der Waals surface area contributed by atoms with E-state index in [1.165, 1.54) is 13.3 Å². The molecule has 1 atom stereocenters. The molecule has 0 radical (unpaired) electrons. The van der Waals surface area contributed by atoms with Gasteiger partial charge in [0.05, 0.1) is 38.7 Å². The average molecular weight is 732 g/mol. The van der Waals surface area contributed by atoms with Gasteiger partial charge in [-0.3, -0.25) is 4.79 Å². The number of carbonyl (C=O) groups excluding carboxylic acids is 3. The number of hydrogen-bond donors (Lipinski definition) is 3. The lowest BCUT2D eigenvalue weighted by Gasteiger charge is -2.28. The summed E-state index contributed by atoms with van der Waals surface area (Å²) in [4.78, 5) is 37.4. The van der Waals surface area contributed by atoms with E-state index in [0.29, 0.717) is 45.2 Å². The van der Waals surface area contributed by atoms with Gasteiger partial charge in [0.15, 0.2) is 29.6 Å². The van der Waals surface area contributed by atoms with Crippen LogP contribution in [-0.2, 0) is 20.9 Å². The molecule has 4 aromatic rings. The molecule has 5 rings (SSSR count). The summed E-state index contributed by atoms with van der Waals surface area (Å²) in [6.07, 6.45) is 1.47. The van der Waals surface area contributed by atoms with Crippen LogP contribution < -0.4 is 35.0 Å². The average Bonchev–Trinajstić information content (AvgIpc) is 3.10. The second-order valence-corrected chi connectivity index (χ2v) is 11.6. The van der Waals surface area contributed by atoms with Crippen LogP contribution in [-0.4, -0.2) is 51.6 Å². The maximum atomic E-state index is 12.7. The molecule has 0 fully saturated rings. The Morgan fingerprint density at radius 2 is 1.67 bits per heavy atom. The van der Waals surface area contributed by atoms with Gasteiger partial charge in [-0.25, -0.2) is 15.0 Å². The van der Waals surface area contributed by atoms with Crippen molar-refractivity contribution in [3.05, 3.63) is 105 Å². The summed E-state index contributed by atoms with van der Waals surface area (Å²) < 4.78 is 28.7. The molecular weight excluding hydrogens is 696 g/mol. The summed E-state index contributed by atoms with van der Waals surface area (Å²) in [5.41, 5.74) is 5.31. The standard InChI is InChI=1S/C36H35BrN4O8/c1-5-47-35(43)33-21(2)39-36(44)40-34(33)25-12-13-28(29(15-25)45-3)49-20-32(42)41-38-18-26-16-30(46-4)31(17-27(26)37)48-19-22-10-11-23-8-6-7-9-24(23)14-22/h6-18,34H,5,19-20H2,1-4H3,(H,41,42)(H2,39,40,44)/b38-18-/t34-/m0/s1. The fourth-order valence-corrected chi connectivity index (χ4v) is 5.59. The number of benzene rings is 4. The number of rotatable bonds is 13. The van der Waals surface area contributed by atoms with Gasteiger partial charge >= 0.3 is 12.0 Å². The van der Waals surface area contributed by atoms with E-state index in [0.717, 1.165) is 16.3 Å². The van der Waals surface area contributed by atoms with E-state index in [1.54, 1.807) is 51.3 Å². The summed E-state index contributed by atoms with van der Waals surface area (Å²) >= 11 is 3.54. The number of halogens is 1. The first-order chi connectivity index (χ1) is 23.7. The highest BCUT2D eigenvalue weighted by atomic mass is 79.9. The molecule has 0 saturated carbocycles. The number of fused-ring (bicyclic) bond motifs is 1. The van der Waals surface area contributed by atoms with Crippen LogP contribution in [0.4, 0.5) is 4.79 Å². The molecule has 0 spiro atoms. The van der Waals surface area contributed by atoms with Crippen molar-refractivity contribution in [1.29, 1.82) is 0 Å². The number of allylic oxidation sites excluding steroid dienone is 1. The Morgan fingerprint density at radius 3 is 2.43 bits per heavy atom. The number of hydrogen-bond acceptors (Lipinski definition) is 9. The third-order valence-electron chi connectivity index (χ3n) is 7.53. The van der Waals surface area contributed by atoms with Gasteiger partial charge in [-0.2, -0.15) is 5.10 Å². The zero-order valence-electron chi connectivity index (χ0n) is 27.3. The van der Waals surface area contributed by atoms with Gasteiger partial charge in [-0.15, -0.1) is 0 Å². The summed E-state index contributed by atoms with van der Waals surface area (Å²) in [5.74, 6) is 0.537. The van der Waals surface area contributed by atoms with Crippen molar-refractivity contribution in [3.63, 3.8) is 0 Å². The zero-order valence-corrected chi connectivity index (χ0v) is 28.9. The zero-order chi connectivity index (χ0) is 34.9. The van der Waals surface area contributed by atoms with Crippen LogP contribution >= 0.6 is 15.9 Å². The molecule has 3 N–H and O–H groups in total. The molecule has 12 nitrogen and oxygen atoms in total. The van der Waals surface area contributed by atoms with Gasteiger partial charge in [0, 0.05) is 15.7 Å². The third kappa shape index (κ3) is 8.49. The van der Waals surface area contributed by atoms with Crippen molar-refractivity contribution in [3.8, 4) is 23.0 Å². The van der Waals surface area contributed by atoms with Gasteiger partial charge in [-0.05, 0) is 82.0 Å². The predicted molar refractivity (Wildman–Crippen MR) is 187 cm³/mol. The van der Waals surface area contributed by atoms with Crippen LogP contribution in [0.3, 0.4) is 0 Å². The van der Waals surface area contributed by atoms with Gasteiger partial charge < -0.3 is 34.3 Å². The first-order valence-electron chi connectivity index (χ1n) is 15.3. The fourth-order valence-electron chi connectivity index (χ4n) is 5.17. The first kappa shape index (κ1) is 34.8. The fraction of sp³-hybridized carbons (Fsp3) is 0.222. The number of esters is 1. The second-order valence-electron chi connectivity index (χ2n) is 10.8. The Hall–Kier alpha value is -5.56. The Balaban J connectivity index is 1.19. The van der Waals surface area contributed by atoms with E-state index in [-0.39, 0.29) is 24.5 Å². The van der Waals surface area contributed by atoms with Crippen LogP contribution in [0, 0.1) is 0 Å². The molecule has 0 aliphatic carbocycles. The van der Waals surface area contributed by atoms with Gasteiger partial charge in [0.2, 0.25) is 0 Å². The SMILES string of the molecule is CCOC(=O)C1=C(C)NC(=O)N[C@H]1c1ccc(OCC(=O)N/N=C\c2cc(OC)c(OCc3ccc4ccccc4c3)cc2Br)c(OC)c1. The van der Waals surface area contributed by atoms with Crippen LogP contribution in [0.25, 0.3) is 10.8 Å². The largest absolute Gasteiger partial charge is 0.493 e. The minimum absolute atomic E-state index is 0.179. The smallest absolute Gasteiger partial charge is 0.338 e. The first-order valence-corrected chi connectivity index (χ1v) is 16.1. The van der Waals surface area contributed by atoms with E-state index in [9.17, 15) is 14.4 Å². The lowest BCUT2D eigenvalue weighted by atomic mass is 9.95. The van der Waals surface area contributed by atoms with Gasteiger partial charge in [0.25, 0.3) is 5.91 Å². The van der Waals surface area contributed by atoms with Crippen LogP contribution in [0.1, 0.15) is 36.6 Å². The van der Waals surface area contributed by atoms with Crippen molar-refractivity contribution in [2.45, 2.75) is 26.5 Å². The van der Waals surface area contributed by atoms with E-state index >= 15 is 0 Å². The van der Waals surface area contributed by atoms with Crippen molar-refractivity contribution < 1.29 is 38.1 Å². The van der Waals surface area contributed by atoms with Crippen molar-refractivity contribution in [2.75, 3.05) is 27.4 Å². The molecule has 1 aliphatic rings. The van der Waals surface area contributed by atoms with Crippen LogP contribution in [0.15, 0.2) is 93.6 Å². The number of nitrogens with zero attached hydrogens (tertiary/aromatic N) is 1. The number of nitrogens with one attached hydrogen (secondary N) is 3. The Morgan fingerprint density at radius 1 is 0.918 bits per heavy atom. The van der Waals surface area contributed by atoms with Crippen molar-refractivity contribution >= 4 is 50.8 Å². The molecule has 13 heteroatoms. The number of carbonyl (C=O) groups is 3. The topological polar surface area (TPSA) is 146 Å². The number of ether oxygens (including phenoxy) is 5. The minimum atomic E-state index is -0.781. The summed E-state index contributed by atoms with van der Waals surface area (Å²) in [5, 5.41) is 11.7. The Kier molecular flexibility index (Phi) is 11.4. The van der Waals surface area contributed by atoms with Crippen molar-refractivity contribution in [1.82, 2.24) is 16.1 Å². The van der Waals surface area contributed by atoms with E-state index < -0.39 is 23.9 Å². The molecule has 1 aliphatic heterocycles. The van der Waals surface area contributed by atoms with Crippen LogP contribution in [0.2, 0.25) is 0 Å². The molecule has 0 bridgehead atoms. The highest BCUT2D eigenvalue weighted by Crippen LogP contribution is 2.35. The Bertz CT molecular complexity index is 1940. The lowest BCUT2D eigenvalue weighted by molar-refractivity contribution is -0.139. The molecule has 0 aromatic heterocycles. The third-order valence-corrected chi connectivity index (χ3v) is 8.22. The lowest BCUT2D eigenvalue weighted by Crippen LogP contribution is -2.45. The number of amides is 3.